The average molecular weight is 414 g/mol. The molecule has 13 heteroatoms. The molecule has 27 heavy (non-hydrogen) atoms. The van der Waals surface area contributed by atoms with E-state index in [2.05, 4.69) is 4.84 Å². The summed E-state index contributed by atoms with van der Waals surface area (Å²) in [6.07, 6.45) is 0.0297. The molecular formula is C14H26N2O10S. The zero-order chi connectivity index (χ0) is 20.3. The van der Waals surface area contributed by atoms with Gasteiger partial charge in [0.05, 0.1) is 19.8 Å². The standard InChI is InChI=1S/C14H26N2O10S/c1-2-3-21-4-7-23-13(17)25-10-12(15)11-27-14(18)24-8-5-22-6-9-26-16(19)20/h12H,2-11,15H2,1H3. The van der Waals surface area contributed by atoms with Gasteiger partial charge in [-0.3, -0.25) is 0 Å². The van der Waals surface area contributed by atoms with Crippen LogP contribution >= 0.6 is 11.8 Å². The Morgan fingerprint density at radius 3 is 2.30 bits per heavy atom. The Morgan fingerprint density at radius 2 is 1.63 bits per heavy atom. The molecule has 158 valence electrons. The van der Waals surface area contributed by atoms with Crippen LogP contribution in [-0.2, 0) is 28.5 Å². The third kappa shape index (κ3) is 18.8. The number of hydrogen-bond acceptors (Lipinski definition) is 12. The fourth-order valence-electron chi connectivity index (χ4n) is 1.37. The number of nitrogens with zero attached hydrogens (tertiary/aromatic N) is 1. The lowest BCUT2D eigenvalue weighted by Crippen LogP contribution is -2.31. The molecule has 0 amide bonds. The lowest BCUT2D eigenvalue weighted by Gasteiger charge is -2.12. The molecule has 0 aromatic rings. The van der Waals surface area contributed by atoms with E-state index >= 15 is 0 Å². The summed E-state index contributed by atoms with van der Waals surface area (Å²) in [5, 5.41) is 8.39. The molecule has 2 N–H and O–H groups in total. The van der Waals surface area contributed by atoms with Gasteiger partial charge in [-0.1, -0.05) is 6.92 Å². The van der Waals surface area contributed by atoms with Crippen molar-refractivity contribution in [3.63, 3.8) is 0 Å². The molecule has 0 spiro atoms. The maximum absolute atomic E-state index is 11.5. The Balaban J connectivity index is 3.51. The molecule has 0 bridgehead atoms. The Morgan fingerprint density at radius 1 is 1.00 bits per heavy atom. The second-order valence-corrected chi connectivity index (χ2v) is 5.82. The summed E-state index contributed by atoms with van der Waals surface area (Å²) in [4.78, 5) is 36.7. The van der Waals surface area contributed by atoms with Crippen molar-refractivity contribution in [3.8, 4) is 0 Å². The lowest BCUT2D eigenvalue weighted by atomic mass is 10.4. The van der Waals surface area contributed by atoms with E-state index in [1.807, 2.05) is 6.92 Å². The molecule has 1 unspecified atom stereocenters. The molecule has 12 nitrogen and oxygen atoms in total. The molecule has 0 heterocycles. The van der Waals surface area contributed by atoms with Crippen LogP contribution in [0.1, 0.15) is 13.3 Å². The first kappa shape index (κ1) is 25.2. The molecule has 0 aromatic heterocycles. The van der Waals surface area contributed by atoms with Crippen molar-refractivity contribution in [1.82, 2.24) is 0 Å². The lowest BCUT2D eigenvalue weighted by molar-refractivity contribution is -0.758. The molecule has 0 rings (SSSR count). The largest absolute Gasteiger partial charge is 0.508 e. The number of rotatable bonds is 16. The van der Waals surface area contributed by atoms with Crippen LogP contribution in [0.5, 0.6) is 0 Å². The highest BCUT2D eigenvalue weighted by molar-refractivity contribution is 8.13. The first-order valence-electron chi connectivity index (χ1n) is 8.23. The maximum atomic E-state index is 11.5. The Labute approximate surface area is 161 Å². The van der Waals surface area contributed by atoms with E-state index in [1.165, 1.54) is 0 Å². The molecule has 0 radical (unpaired) electrons. The maximum Gasteiger partial charge on any atom is 0.508 e. The summed E-state index contributed by atoms with van der Waals surface area (Å²) in [6, 6.07) is -0.568. The second kappa shape index (κ2) is 17.6. The van der Waals surface area contributed by atoms with E-state index in [0.717, 1.165) is 18.2 Å². The number of thioether (sulfide) groups is 1. The van der Waals surface area contributed by atoms with Crippen LogP contribution in [0.3, 0.4) is 0 Å². The van der Waals surface area contributed by atoms with Gasteiger partial charge in [0.2, 0.25) is 0 Å². The van der Waals surface area contributed by atoms with Crippen molar-refractivity contribution in [3.05, 3.63) is 10.1 Å². The molecule has 0 aliphatic rings. The number of ether oxygens (including phenoxy) is 5. The van der Waals surface area contributed by atoms with Gasteiger partial charge in [-0.25, -0.2) is 9.59 Å². The fourth-order valence-corrected chi connectivity index (χ4v) is 1.98. The van der Waals surface area contributed by atoms with Crippen LogP contribution < -0.4 is 5.73 Å². The van der Waals surface area contributed by atoms with Gasteiger partial charge in [0.25, 0.3) is 5.09 Å². The number of hydrogen-bond donors (Lipinski definition) is 1. The van der Waals surface area contributed by atoms with Crippen molar-refractivity contribution in [2.24, 2.45) is 5.73 Å². The van der Waals surface area contributed by atoms with Crippen molar-refractivity contribution in [2.75, 3.05) is 58.6 Å². The highest BCUT2D eigenvalue weighted by Crippen LogP contribution is 2.07. The SMILES string of the molecule is CCCOCCOC(=O)OCC(N)CSC(=O)OCCOCCO[N+](=O)[O-]. The van der Waals surface area contributed by atoms with Crippen LogP contribution in [0.25, 0.3) is 0 Å². The number of carbonyl (C=O) groups is 2. The summed E-state index contributed by atoms with van der Waals surface area (Å²) in [5.41, 5.74) is 5.72. The van der Waals surface area contributed by atoms with E-state index < -0.39 is 22.6 Å². The molecule has 0 aliphatic carbocycles. The highest BCUT2D eigenvalue weighted by Gasteiger charge is 2.12. The van der Waals surface area contributed by atoms with Gasteiger partial charge in [-0.2, -0.15) is 0 Å². The highest BCUT2D eigenvalue weighted by atomic mass is 32.2. The van der Waals surface area contributed by atoms with Crippen LogP contribution in [0.2, 0.25) is 0 Å². The predicted octanol–water partition coefficient (Wildman–Crippen LogP) is 0.988. The van der Waals surface area contributed by atoms with E-state index in [1.54, 1.807) is 0 Å². The van der Waals surface area contributed by atoms with Gasteiger partial charge in [0.1, 0.15) is 26.4 Å². The molecule has 0 aromatic carbocycles. The van der Waals surface area contributed by atoms with E-state index in [9.17, 15) is 19.7 Å². The molecule has 0 saturated carbocycles. The first-order chi connectivity index (χ1) is 13.0. The van der Waals surface area contributed by atoms with E-state index in [4.69, 9.17) is 29.4 Å². The molecule has 0 fully saturated rings. The van der Waals surface area contributed by atoms with Crippen molar-refractivity contribution in [1.29, 1.82) is 0 Å². The smallest absolute Gasteiger partial charge is 0.455 e. The van der Waals surface area contributed by atoms with Gasteiger partial charge in [-0.15, -0.1) is 10.1 Å². The van der Waals surface area contributed by atoms with Crippen LogP contribution in [-0.4, -0.2) is 81.2 Å². The van der Waals surface area contributed by atoms with Crippen LogP contribution in [0, 0.1) is 10.1 Å². The third-order valence-corrected chi connectivity index (χ3v) is 3.45. The fraction of sp³-hybridized carbons (Fsp3) is 0.857. The van der Waals surface area contributed by atoms with Gasteiger partial charge < -0.3 is 34.3 Å². The van der Waals surface area contributed by atoms with Crippen LogP contribution in [0.4, 0.5) is 9.59 Å². The molecule has 1 atom stereocenters. The zero-order valence-electron chi connectivity index (χ0n) is 15.2. The van der Waals surface area contributed by atoms with E-state index in [0.29, 0.717) is 13.2 Å². The third-order valence-electron chi connectivity index (χ3n) is 2.50. The molecule has 0 saturated heterocycles. The van der Waals surface area contributed by atoms with Gasteiger partial charge in [-0.05, 0) is 18.2 Å². The van der Waals surface area contributed by atoms with Gasteiger partial charge in [0, 0.05) is 18.4 Å². The monoisotopic (exact) mass is 414 g/mol. The van der Waals surface area contributed by atoms with E-state index in [-0.39, 0.29) is 45.4 Å². The summed E-state index contributed by atoms with van der Waals surface area (Å²) in [5.74, 6) is 0.184. The minimum Gasteiger partial charge on any atom is -0.455 e. The van der Waals surface area contributed by atoms with Gasteiger partial charge >= 0.3 is 11.5 Å². The quantitative estimate of drug-likeness (QED) is 0.165. The topological polar surface area (TPSA) is 159 Å². The van der Waals surface area contributed by atoms with Crippen molar-refractivity contribution in [2.45, 2.75) is 19.4 Å². The predicted molar refractivity (Wildman–Crippen MR) is 94.0 cm³/mol. The summed E-state index contributed by atoms with van der Waals surface area (Å²) >= 11 is 0.828. The summed E-state index contributed by atoms with van der Waals surface area (Å²) in [7, 11) is 0. The average Bonchev–Trinajstić information content (AvgIpc) is 2.63. The van der Waals surface area contributed by atoms with Crippen molar-refractivity contribution >= 4 is 23.2 Å². The Hall–Kier alpha value is -1.83. The summed E-state index contributed by atoms with van der Waals surface area (Å²) in [6.45, 7) is 2.73. The summed E-state index contributed by atoms with van der Waals surface area (Å²) < 4.78 is 24.5. The molecular weight excluding hydrogens is 388 g/mol. The van der Waals surface area contributed by atoms with Gasteiger partial charge in [0.15, 0.2) is 0 Å². The minimum atomic E-state index is -0.922. The Kier molecular flexibility index (Phi) is 16.4. The second-order valence-electron chi connectivity index (χ2n) is 4.86. The van der Waals surface area contributed by atoms with Crippen LogP contribution in [0.15, 0.2) is 0 Å². The zero-order valence-corrected chi connectivity index (χ0v) is 16.0. The first-order valence-corrected chi connectivity index (χ1v) is 9.21. The molecule has 0 aliphatic heterocycles. The number of nitrogens with two attached hydrogens (primary N) is 1. The van der Waals surface area contributed by atoms with Crippen molar-refractivity contribution < 1.29 is 43.2 Å². The minimum absolute atomic E-state index is 0.00865. The normalized spacial score (nSPS) is 11.5. The Bertz CT molecular complexity index is 427. The number of carbonyl (C=O) groups excluding carboxylic acids is 2.